The van der Waals surface area contributed by atoms with Crippen molar-refractivity contribution >= 4 is 35.1 Å². The van der Waals surface area contributed by atoms with E-state index >= 15 is 0 Å². The first kappa shape index (κ1) is 14.5. The minimum Gasteiger partial charge on any atom is -0.481 e. The molecule has 0 aromatic heterocycles. The van der Waals surface area contributed by atoms with E-state index in [2.05, 4.69) is 0 Å². The van der Waals surface area contributed by atoms with Gasteiger partial charge in [-0.2, -0.15) is 0 Å². The molecule has 0 radical (unpaired) electrons. The standard InChI is InChI=1S/C9H14Cl2O4/c1-2-3-6(10)8(11)5(9(14)15)4-7(12)13/h5-6,8H,2-4H2,1H3,(H,12,13)(H,14,15). The summed E-state index contributed by atoms with van der Waals surface area (Å²) in [6.07, 6.45) is 0.840. The van der Waals surface area contributed by atoms with Gasteiger partial charge in [-0.25, -0.2) is 0 Å². The quantitative estimate of drug-likeness (QED) is 0.685. The third-order valence-corrected chi connectivity index (χ3v) is 3.23. The normalized spacial score (nSPS) is 16.7. The summed E-state index contributed by atoms with van der Waals surface area (Å²) in [4.78, 5) is 21.2. The maximum absolute atomic E-state index is 10.8. The smallest absolute Gasteiger partial charge is 0.308 e. The summed E-state index contributed by atoms with van der Waals surface area (Å²) in [5.74, 6) is -3.55. The van der Waals surface area contributed by atoms with Gasteiger partial charge in [0, 0.05) is 0 Å². The van der Waals surface area contributed by atoms with Crippen LogP contribution >= 0.6 is 23.2 Å². The lowest BCUT2D eigenvalue weighted by atomic mass is 9.97. The minimum absolute atomic E-state index is 0.504. The monoisotopic (exact) mass is 256 g/mol. The van der Waals surface area contributed by atoms with Gasteiger partial charge in [-0.3, -0.25) is 9.59 Å². The minimum atomic E-state index is -1.22. The maximum atomic E-state index is 10.8. The summed E-state index contributed by atoms with van der Waals surface area (Å²) in [5.41, 5.74) is 0. The third-order valence-electron chi connectivity index (χ3n) is 2.01. The molecule has 4 nitrogen and oxygen atoms in total. The second-order valence-electron chi connectivity index (χ2n) is 3.29. The van der Waals surface area contributed by atoms with Crippen molar-refractivity contribution in [3.63, 3.8) is 0 Å². The number of aliphatic carboxylic acids is 2. The number of hydrogen-bond donors (Lipinski definition) is 2. The molecular formula is C9H14Cl2O4. The Morgan fingerprint density at radius 1 is 1.27 bits per heavy atom. The van der Waals surface area contributed by atoms with Gasteiger partial charge in [0.05, 0.1) is 23.1 Å². The Morgan fingerprint density at radius 3 is 2.13 bits per heavy atom. The number of alkyl halides is 2. The molecular weight excluding hydrogens is 243 g/mol. The molecule has 0 saturated heterocycles. The van der Waals surface area contributed by atoms with Gasteiger partial charge in [0.15, 0.2) is 0 Å². The molecule has 15 heavy (non-hydrogen) atoms. The molecule has 0 aromatic carbocycles. The summed E-state index contributed by atoms with van der Waals surface area (Å²) in [7, 11) is 0. The summed E-state index contributed by atoms with van der Waals surface area (Å²) in [6, 6.07) is 0. The zero-order valence-corrected chi connectivity index (χ0v) is 9.83. The Bertz CT molecular complexity index is 232. The predicted octanol–water partition coefficient (Wildman–Crippen LogP) is 2.18. The van der Waals surface area contributed by atoms with Crippen LogP contribution in [0.2, 0.25) is 0 Å². The Kier molecular flexibility index (Phi) is 6.68. The van der Waals surface area contributed by atoms with Gasteiger partial charge in [-0.05, 0) is 6.42 Å². The van der Waals surface area contributed by atoms with Crippen LogP contribution in [0.4, 0.5) is 0 Å². The first-order chi connectivity index (χ1) is 6.90. The first-order valence-electron chi connectivity index (χ1n) is 4.62. The zero-order valence-electron chi connectivity index (χ0n) is 8.32. The van der Waals surface area contributed by atoms with Crippen molar-refractivity contribution in [1.29, 1.82) is 0 Å². The average Bonchev–Trinajstić information content (AvgIpc) is 2.12. The number of carboxylic acid groups (broad SMARTS) is 2. The van der Waals surface area contributed by atoms with E-state index in [1.807, 2.05) is 6.92 Å². The molecule has 3 unspecified atom stereocenters. The van der Waals surface area contributed by atoms with Crippen molar-refractivity contribution in [1.82, 2.24) is 0 Å². The highest BCUT2D eigenvalue weighted by Crippen LogP contribution is 2.25. The van der Waals surface area contributed by atoms with E-state index in [1.54, 1.807) is 0 Å². The highest BCUT2D eigenvalue weighted by atomic mass is 35.5. The van der Waals surface area contributed by atoms with Crippen LogP contribution in [0.25, 0.3) is 0 Å². The third kappa shape index (κ3) is 5.23. The highest BCUT2D eigenvalue weighted by Gasteiger charge is 2.33. The fourth-order valence-corrected chi connectivity index (χ4v) is 1.93. The van der Waals surface area contributed by atoms with E-state index in [9.17, 15) is 9.59 Å². The van der Waals surface area contributed by atoms with Gasteiger partial charge in [0.2, 0.25) is 0 Å². The van der Waals surface area contributed by atoms with Gasteiger partial charge >= 0.3 is 11.9 Å². The van der Waals surface area contributed by atoms with Crippen molar-refractivity contribution in [3.8, 4) is 0 Å². The van der Waals surface area contributed by atoms with E-state index in [0.29, 0.717) is 6.42 Å². The summed E-state index contributed by atoms with van der Waals surface area (Å²) < 4.78 is 0. The van der Waals surface area contributed by atoms with Crippen LogP contribution in [0.15, 0.2) is 0 Å². The van der Waals surface area contributed by atoms with Crippen molar-refractivity contribution in [2.45, 2.75) is 36.9 Å². The number of carbonyl (C=O) groups is 2. The fraction of sp³-hybridized carbons (Fsp3) is 0.778. The number of halogens is 2. The topological polar surface area (TPSA) is 74.6 Å². The van der Waals surface area contributed by atoms with E-state index in [-0.39, 0.29) is 0 Å². The van der Waals surface area contributed by atoms with Crippen LogP contribution in [0.3, 0.4) is 0 Å². The van der Waals surface area contributed by atoms with E-state index < -0.39 is 35.0 Å². The second-order valence-corrected chi connectivity index (χ2v) is 4.36. The zero-order chi connectivity index (χ0) is 12.0. The second kappa shape index (κ2) is 6.90. The molecule has 6 heteroatoms. The van der Waals surface area contributed by atoms with Crippen LogP contribution in [0.5, 0.6) is 0 Å². The molecule has 0 amide bonds. The molecule has 0 bridgehead atoms. The van der Waals surface area contributed by atoms with Gasteiger partial charge in [-0.1, -0.05) is 13.3 Å². The molecule has 0 aliphatic heterocycles. The molecule has 0 heterocycles. The van der Waals surface area contributed by atoms with Gasteiger partial charge in [0.1, 0.15) is 0 Å². The van der Waals surface area contributed by atoms with Crippen LogP contribution in [0, 0.1) is 5.92 Å². The average molecular weight is 257 g/mol. The van der Waals surface area contributed by atoms with Gasteiger partial charge in [-0.15, -0.1) is 23.2 Å². The lowest BCUT2D eigenvalue weighted by Crippen LogP contribution is -2.32. The molecule has 3 atom stereocenters. The van der Waals surface area contributed by atoms with Crippen molar-refractivity contribution < 1.29 is 19.8 Å². The highest BCUT2D eigenvalue weighted by molar-refractivity contribution is 6.30. The SMILES string of the molecule is CCCC(Cl)C(Cl)C(CC(=O)O)C(=O)O. The van der Waals surface area contributed by atoms with Gasteiger partial charge in [0.25, 0.3) is 0 Å². The first-order valence-corrected chi connectivity index (χ1v) is 5.50. The Balaban J connectivity index is 4.47. The Hall–Kier alpha value is -0.480. The van der Waals surface area contributed by atoms with E-state index in [4.69, 9.17) is 33.4 Å². The maximum Gasteiger partial charge on any atom is 0.308 e. The Labute approximate surface area is 98.2 Å². The number of carboxylic acids is 2. The summed E-state index contributed by atoms with van der Waals surface area (Å²) >= 11 is 11.7. The van der Waals surface area contributed by atoms with Crippen molar-refractivity contribution in [3.05, 3.63) is 0 Å². The fourth-order valence-electron chi connectivity index (χ4n) is 1.21. The summed E-state index contributed by atoms with van der Waals surface area (Å²) in [6.45, 7) is 1.89. The molecule has 0 fully saturated rings. The predicted molar refractivity (Wildman–Crippen MR) is 57.6 cm³/mol. The molecule has 0 spiro atoms. The van der Waals surface area contributed by atoms with Gasteiger partial charge < -0.3 is 10.2 Å². The molecule has 2 N–H and O–H groups in total. The van der Waals surface area contributed by atoms with E-state index in [1.165, 1.54) is 0 Å². The van der Waals surface area contributed by atoms with Crippen LogP contribution in [0.1, 0.15) is 26.2 Å². The summed E-state index contributed by atoms with van der Waals surface area (Å²) in [5, 5.41) is 16.0. The lowest BCUT2D eigenvalue weighted by Gasteiger charge is -2.20. The molecule has 0 aromatic rings. The Morgan fingerprint density at radius 2 is 1.80 bits per heavy atom. The molecule has 0 saturated carbocycles. The van der Waals surface area contributed by atoms with Crippen LogP contribution in [-0.4, -0.2) is 32.9 Å². The molecule has 88 valence electrons. The lowest BCUT2D eigenvalue weighted by molar-refractivity contribution is -0.148. The number of hydrogen-bond acceptors (Lipinski definition) is 2. The van der Waals surface area contributed by atoms with Crippen LogP contribution < -0.4 is 0 Å². The van der Waals surface area contributed by atoms with Crippen molar-refractivity contribution in [2.75, 3.05) is 0 Å². The van der Waals surface area contributed by atoms with Crippen LogP contribution in [-0.2, 0) is 9.59 Å². The number of rotatable bonds is 7. The molecule has 0 rings (SSSR count). The largest absolute Gasteiger partial charge is 0.481 e. The molecule has 0 aliphatic carbocycles. The van der Waals surface area contributed by atoms with Crippen molar-refractivity contribution in [2.24, 2.45) is 5.92 Å². The molecule has 0 aliphatic rings. The van der Waals surface area contributed by atoms with E-state index in [0.717, 1.165) is 6.42 Å².